The molecular weight excluding hydrogens is 252 g/mol. The van der Waals surface area contributed by atoms with Crippen LogP contribution in [0.1, 0.15) is 37.3 Å². The van der Waals surface area contributed by atoms with Crippen LogP contribution >= 0.6 is 0 Å². The zero-order valence-electron chi connectivity index (χ0n) is 11.9. The van der Waals surface area contributed by atoms with Gasteiger partial charge in [-0.2, -0.15) is 0 Å². The first-order valence-electron chi connectivity index (χ1n) is 7.72. The third kappa shape index (κ3) is 2.76. The summed E-state index contributed by atoms with van der Waals surface area (Å²) in [6, 6.07) is 5.36. The van der Waals surface area contributed by atoms with E-state index in [-0.39, 0.29) is 11.5 Å². The van der Waals surface area contributed by atoms with Crippen molar-refractivity contribution in [1.82, 2.24) is 10.2 Å². The summed E-state index contributed by atoms with van der Waals surface area (Å²) >= 11 is 0. The van der Waals surface area contributed by atoms with Gasteiger partial charge in [-0.3, -0.25) is 4.90 Å². The number of phenolic OH excluding ortho intramolecular Hbond substituents is 2. The second-order valence-corrected chi connectivity index (χ2v) is 6.02. The second-order valence-electron chi connectivity index (χ2n) is 6.02. The summed E-state index contributed by atoms with van der Waals surface area (Å²) < 4.78 is 0. The van der Waals surface area contributed by atoms with Crippen LogP contribution in [0.5, 0.6) is 11.5 Å². The Morgan fingerprint density at radius 3 is 2.45 bits per heavy atom. The first-order chi connectivity index (χ1) is 9.75. The van der Waals surface area contributed by atoms with Crippen LogP contribution in [-0.2, 0) is 0 Å². The minimum absolute atomic E-state index is 0.136. The van der Waals surface area contributed by atoms with E-state index in [4.69, 9.17) is 0 Å². The molecule has 110 valence electrons. The lowest BCUT2D eigenvalue weighted by Gasteiger charge is -2.38. The summed E-state index contributed by atoms with van der Waals surface area (Å²) in [4.78, 5) is 2.50. The van der Waals surface area contributed by atoms with E-state index in [0.717, 1.165) is 31.7 Å². The Balaban J connectivity index is 1.90. The van der Waals surface area contributed by atoms with E-state index in [1.54, 1.807) is 6.07 Å². The number of nitrogens with one attached hydrogen (secondary N) is 1. The summed E-state index contributed by atoms with van der Waals surface area (Å²) in [5.41, 5.74) is 0.983. The molecule has 1 saturated carbocycles. The van der Waals surface area contributed by atoms with Gasteiger partial charge >= 0.3 is 0 Å². The van der Waals surface area contributed by atoms with Crippen LogP contribution in [0.3, 0.4) is 0 Å². The lowest BCUT2D eigenvalue weighted by Crippen LogP contribution is -2.46. The minimum Gasteiger partial charge on any atom is -0.508 e. The van der Waals surface area contributed by atoms with Gasteiger partial charge in [-0.15, -0.1) is 0 Å². The van der Waals surface area contributed by atoms with E-state index >= 15 is 0 Å². The quantitative estimate of drug-likeness (QED) is 0.792. The highest BCUT2D eigenvalue weighted by Gasteiger charge is 2.33. The number of rotatable bonds is 3. The highest BCUT2D eigenvalue weighted by atomic mass is 16.3. The van der Waals surface area contributed by atoms with Crippen LogP contribution in [0.2, 0.25) is 0 Å². The molecule has 1 aliphatic heterocycles. The monoisotopic (exact) mass is 276 g/mol. The number of nitrogens with zero attached hydrogens (tertiary/aromatic N) is 1. The fraction of sp³-hybridized carbons (Fsp3) is 0.625. The Bertz CT molecular complexity index is 452. The van der Waals surface area contributed by atoms with E-state index in [0.29, 0.717) is 12.0 Å². The molecule has 1 aliphatic carbocycles. The van der Waals surface area contributed by atoms with Gasteiger partial charge in [0, 0.05) is 43.9 Å². The number of phenols is 2. The average Bonchev–Trinajstić information content (AvgIpc) is 2.97. The molecule has 0 unspecified atom stereocenters. The molecule has 0 spiro atoms. The predicted molar refractivity (Wildman–Crippen MR) is 78.9 cm³/mol. The van der Waals surface area contributed by atoms with Crippen molar-refractivity contribution >= 4 is 0 Å². The molecule has 1 aromatic rings. The van der Waals surface area contributed by atoms with Gasteiger partial charge < -0.3 is 15.5 Å². The highest BCUT2D eigenvalue weighted by molar-refractivity contribution is 5.41. The standard InChI is InChI=1S/C16H24N2O2/c19-13-5-6-14(15(20)11-13)16(12-3-1-2-4-12)18-9-7-17-8-10-18/h5-6,11-12,16-17,19-20H,1-4,7-10H2/t16-/m0/s1. The molecular formula is C16H24N2O2. The Kier molecular flexibility index (Phi) is 4.13. The van der Waals surface area contributed by atoms with E-state index in [9.17, 15) is 10.2 Å². The van der Waals surface area contributed by atoms with E-state index in [2.05, 4.69) is 10.2 Å². The van der Waals surface area contributed by atoms with E-state index in [1.165, 1.54) is 31.7 Å². The SMILES string of the molecule is Oc1ccc([C@H](C2CCCC2)N2CCNCC2)c(O)c1. The number of hydrogen-bond donors (Lipinski definition) is 3. The number of hydrogen-bond acceptors (Lipinski definition) is 4. The maximum Gasteiger partial charge on any atom is 0.124 e. The first-order valence-corrected chi connectivity index (χ1v) is 7.72. The fourth-order valence-electron chi connectivity index (χ4n) is 3.76. The lowest BCUT2D eigenvalue weighted by molar-refractivity contribution is 0.123. The fourth-order valence-corrected chi connectivity index (χ4v) is 3.76. The van der Waals surface area contributed by atoms with Crippen molar-refractivity contribution in [3.63, 3.8) is 0 Å². The third-order valence-electron chi connectivity index (χ3n) is 4.72. The Morgan fingerprint density at radius 1 is 1.10 bits per heavy atom. The largest absolute Gasteiger partial charge is 0.508 e. The summed E-state index contributed by atoms with van der Waals surface area (Å²) in [6.45, 7) is 4.09. The maximum atomic E-state index is 10.3. The molecule has 20 heavy (non-hydrogen) atoms. The van der Waals surface area contributed by atoms with Crippen LogP contribution in [0, 0.1) is 5.92 Å². The molecule has 2 aliphatic rings. The van der Waals surface area contributed by atoms with Gasteiger partial charge in [-0.1, -0.05) is 18.9 Å². The normalized spacial score (nSPS) is 23.0. The van der Waals surface area contributed by atoms with Crippen molar-refractivity contribution in [3.05, 3.63) is 23.8 Å². The molecule has 4 nitrogen and oxygen atoms in total. The van der Waals surface area contributed by atoms with Gasteiger partial charge in [-0.25, -0.2) is 0 Å². The second kappa shape index (κ2) is 6.02. The van der Waals surface area contributed by atoms with Crippen LogP contribution in [0.15, 0.2) is 18.2 Å². The van der Waals surface area contributed by atoms with E-state index in [1.807, 2.05) is 6.07 Å². The molecule has 1 atom stereocenters. The molecule has 1 aromatic carbocycles. The van der Waals surface area contributed by atoms with Gasteiger partial charge in [0.1, 0.15) is 11.5 Å². The smallest absolute Gasteiger partial charge is 0.124 e. The van der Waals surface area contributed by atoms with Gasteiger partial charge in [0.25, 0.3) is 0 Å². The zero-order valence-corrected chi connectivity index (χ0v) is 11.9. The summed E-state index contributed by atoms with van der Waals surface area (Å²) in [5, 5.41) is 23.2. The van der Waals surface area contributed by atoms with Crippen molar-refractivity contribution in [2.24, 2.45) is 5.92 Å². The van der Waals surface area contributed by atoms with Crippen molar-refractivity contribution in [2.75, 3.05) is 26.2 Å². The zero-order chi connectivity index (χ0) is 13.9. The van der Waals surface area contributed by atoms with Crippen molar-refractivity contribution in [3.8, 4) is 11.5 Å². The van der Waals surface area contributed by atoms with Crippen LogP contribution in [0.4, 0.5) is 0 Å². The summed E-state index contributed by atoms with van der Waals surface area (Å²) in [5.74, 6) is 1.00. The molecule has 0 bridgehead atoms. The Morgan fingerprint density at radius 2 is 1.80 bits per heavy atom. The molecule has 0 amide bonds. The minimum atomic E-state index is 0.136. The third-order valence-corrected chi connectivity index (χ3v) is 4.72. The van der Waals surface area contributed by atoms with E-state index < -0.39 is 0 Å². The first kappa shape index (κ1) is 13.7. The number of aromatic hydroxyl groups is 2. The van der Waals surface area contributed by atoms with Crippen molar-refractivity contribution in [1.29, 1.82) is 0 Å². The highest BCUT2D eigenvalue weighted by Crippen LogP contribution is 2.43. The van der Waals surface area contributed by atoms with Crippen LogP contribution < -0.4 is 5.32 Å². The Hall–Kier alpha value is -1.26. The van der Waals surface area contributed by atoms with Crippen molar-refractivity contribution < 1.29 is 10.2 Å². The van der Waals surface area contributed by atoms with Gasteiger partial charge in [0.05, 0.1) is 0 Å². The molecule has 0 radical (unpaired) electrons. The van der Waals surface area contributed by atoms with Gasteiger partial charge in [0.15, 0.2) is 0 Å². The topological polar surface area (TPSA) is 55.7 Å². The van der Waals surface area contributed by atoms with Gasteiger partial charge in [0.2, 0.25) is 0 Å². The summed E-state index contributed by atoms with van der Waals surface area (Å²) in [7, 11) is 0. The lowest BCUT2D eigenvalue weighted by atomic mass is 9.89. The Labute approximate surface area is 120 Å². The molecule has 4 heteroatoms. The molecule has 0 aromatic heterocycles. The number of piperazine rings is 1. The van der Waals surface area contributed by atoms with Crippen molar-refractivity contribution in [2.45, 2.75) is 31.7 Å². The summed E-state index contributed by atoms with van der Waals surface area (Å²) in [6.07, 6.45) is 5.09. The maximum absolute atomic E-state index is 10.3. The molecule has 3 rings (SSSR count). The number of benzene rings is 1. The van der Waals surface area contributed by atoms with Gasteiger partial charge in [-0.05, 0) is 24.8 Å². The van der Waals surface area contributed by atoms with Crippen LogP contribution in [-0.4, -0.2) is 41.3 Å². The average molecular weight is 276 g/mol. The molecule has 3 N–H and O–H groups in total. The predicted octanol–water partition coefficient (Wildman–Crippen LogP) is 2.23. The van der Waals surface area contributed by atoms with Crippen LogP contribution in [0.25, 0.3) is 0 Å². The molecule has 1 heterocycles. The molecule has 2 fully saturated rings. The molecule has 1 saturated heterocycles.